The van der Waals surface area contributed by atoms with Gasteiger partial charge in [0, 0.05) is 43.8 Å². The maximum absolute atomic E-state index is 12.7. The molecule has 1 aliphatic rings. The molecule has 3 rings (SSSR count). The number of carbonyl (C=O) groups excluding carboxylic acids is 1. The summed E-state index contributed by atoms with van der Waals surface area (Å²) in [6.07, 6.45) is 3.43. The van der Waals surface area contributed by atoms with Gasteiger partial charge in [-0.05, 0) is 18.6 Å². The summed E-state index contributed by atoms with van der Waals surface area (Å²) in [5.74, 6) is -0.0795. The Morgan fingerprint density at radius 1 is 1.08 bits per heavy atom. The summed E-state index contributed by atoms with van der Waals surface area (Å²) < 4.78 is 26.5. The fraction of sp³-hybridized carbons (Fsp3) is 0.412. The van der Waals surface area contributed by atoms with Crippen molar-refractivity contribution in [1.29, 1.82) is 0 Å². The number of sulfonamides is 1. The number of aromatic nitrogens is 1. The standard InChI is InChI=1S/C17H21N3O4S/c1-25(23,24)20-9-4-8-18(11-12-20)17(22)13-19-10-7-16(21)14-5-2-3-6-15(14)19/h2-3,5-7,10H,4,8-9,11-13H2,1H3. The molecule has 0 saturated carbocycles. The maximum Gasteiger partial charge on any atom is 0.242 e. The third-order valence-electron chi connectivity index (χ3n) is 4.47. The molecule has 1 amide bonds. The Balaban J connectivity index is 1.77. The van der Waals surface area contributed by atoms with Crippen LogP contribution in [0.4, 0.5) is 0 Å². The zero-order valence-electron chi connectivity index (χ0n) is 14.1. The van der Waals surface area contributed by atoms with E-state index in [2.05, 4.69) is 0 Å². The molecule has 0 radical (unpaired) electrons. The van der Waals surface area contributed by atoms with Crippen molar-refractivity contribution in [2.75, 3.05) is 32.4 Å². The van der Waals surface area contributed by atoms with Gasteiger partial charge in [0.05, 0.1) is 11.8 Å². The molecule has 1 aromatic carbocycles. The van der Waals surface area contributed by atoms with Gasteiger partial charge >= 0.3 is 0 Å². The molecule has 1 saturated heterocycles. The first-order chi connectivity index (χ1) is 11.9. The molecule has 0 N–H and O–H groups in total. The van der Waals surface area contributed by atoms with Crippen LogP contribution in [0.25, 0.3) is 10.9 Å². The first-order valence-electron chi connectivity index (χ1n) is 8.17. The monoisotopic (exact) mass is 363 g/mol. The van der Waals surface area contributed by atoms with Gasteiger partial charge in [0.25, 0.3) is 0 Å². The van der Waals surface area contributed by atoms with E-state index in [4.69, 9.17) is 0 Å². The van der Waals surface area contributed by atoms with Crippen LogP contribution >= 0.6 is 0 Å². The van der Waals surface area contributed by atoms with Crippen LogP contribution in [0.3, 0.4) is 0 Å². The van der Waals surface area contributed by atoms with Crippen molar-refractivity contribution in [3.05, 3.63) is 46.8 Å². The highest BCUT2D eigenvalue weighted by molar-refractivity contribution is 7.88. The zero-order chi connectivity index (χ0) is 18.0. The number of hydrogen-bond acceptors (Lipinski definition) is 4. The topological polar surface area (TPSA) is 79.7 Å². The van der Waals surface area contributed by atoms with Crippen LogP contribution in [0.2, 0.25) is 0 Å². The SMILES string of the molecule is CS(=O)(=O)N1CCCN(C(=O)Cn2ccc(=O)c3ccccc32)CC1. The number of carbonyl (C=O) groups is 1. The third-order valence-corrected chi connectivity index (χ3v) is 5.77. The summed E-state index contributed by atoms with van der Waals surface area (Å²) in [4.78, 5) is 26.3. The quantitative estimate of drug-likeness (QED) is 0.795. The van der Waals surface area contributed by atoms with E-state index in [1.807, 2.05) is 12.1 Å². The van der Waals surface area contributed by atoms with Crippen LogP contribution in [0.1, 0.15) is 6.42 Å². The van der Waals surface area contributed by atoms with Crippen molar-refractivity contribution in [1.82, 2.24) is 13.8 Å². The number of fused-ring (bicyclic) bond motifs is 1. The Morgan fingerprint density at radius 2 is 1.84 bits per heavy atom. The summed E-state index contributed by atoms with van der Waals surface area (Å²) in [5.41, 5.74) is 0.647. The van der Waals surface area contributed by atoms with E-state index in [0.717, 1.165) is 5.52 Å². The fourth-order valence-electron chi connectivity index (χ4n) is 3.12. The van der Waals surface area contributed by atoms with E-state index < -0.39 is 10.0 Å². The second kappa shape index (κ2) is 6.97. The van der Waals surface area contributed by atoms with Crippen molar-refractivity contribution in [2.45, 2.75) is 13.0 Å². The molecule has 0 atom stereocenters. The van der Waals surface area contributed by atoms with Crippen molar-refractivity contribution in [3.63, 3.8) is 0 Å². The molecule has 1 fully saturated rings. The van der Waals surface area contributed by atoms with E-state index in [1.165, 1.54) is 16.6 Å². The van der Waals surface area contributed by atoms with Crippen molar-refractivity contribution in [2.24, 2.45) is 0 Å². The van der Waals surface area contributed by atoms with Gasteiger partial charge in [-0.15, -0.1) is 0 Å². The molecule has 0 bridgehead atoms. The minimum atomic E-state index is -3.24. The lowest BCUT2D eigenvalue weighted by Crippen LogP contribution is -2.38. The van der Waals surface area contributed by atoms with E-state index in [-0.39, 0.29) is 17.9 Å². The van der Waals surface area contributed by atoms with Gasteiger partial charge in [0.15, 0.2) is 5.43 Å². The third kappa shape index (κ3) is 3.91. The zero-order valence-corrected chi connectivity index (χ0v) is 14.9. The Hall–Kier alpha value is -2.19. The van der Waals surface area contributed by atoms with Crippen molar-refractivity contribution in [3.8, 4) is 0 Å². The normalized spacial score (nSPS) is 16.8. The number of benzene rings is 1. The molecule has 0 aliphatic carbocycles. The van der Waals surface area contributed by atoms with Gasteiger partial charge in [-0.1, -0.05) is 12.1 Å². The first-order valence-corrected chi connectivity index (χ1v) is 10.0. The highest BCUT2D eigenvalue weighted by Gasteiger charge is 2.23. The predicted octanol–water partition coefficient (Wildman–Crippen LogP) is 0.495. The number of nitrogens with zero attached hydrogens (tertiary/aromatic N) is 3. The van der Waals surface area contributed by atoms with Crippen LogP contribution in [0.15, 0.2) is 41.3 Å². The minimum absolute atomic E-state index is 0.0714. The molecule has 2 aromatic rings. The van der Waals surface area contributed by atoms with Crippen LogP contribution < -0.4 is 5.43 Å². The van der Waals surface area contributed by atoms with Crippen molar-refractivity contribution >= 4 is 26.8 Å². The second-order valence-corrected chi connectivity index (χ2v) is 8.20. The van der Waals surface area contributed by atoms with E-state index in [9.17, 15) is 18.0 Å². The number of amides is 1. The lowest BCUT2D eigenvalue weighted by atomic mass is 10.2. The van der Waals surface area contributed by atoms with E-state index in [0.29, 0.717) is 38.0 Å². The number of pyridine rings is 1. The molecule has 1 aliphatic heterocycles. The molecular formula is C17H21N3O4S. The Kier molecular flexibility index (Phi) is 4.91. The van der Waals surface area contributed by atoms with E-state index >= 15 is 0 Å². The van der Waals surface area contributed by atoms with Crippen LogP contribution in [0.5, 0.6) is 0 Å². The lowest BCUT2D eigenvalue weighted by Gasteiger charge is -2.22. The maximum atomic E-state index is 12.7. The van der Waals surface area contributed by atoms with Gasteiger partial charge in [-0.3, -0.25) is 9.59 Å². The summed E-state index contributed by atoms with van der Waals surface area (Å²) >= 11 is 0. The van der Waals surface area contributed by atoms with Gasteiger partial charge < -0.3 is 9.47 Å². The van der Waals surface area contributed by atoms with Gasteiger partial charge in [-0.2, -0.15) is 0 Å². The molecule has 134 valence electrons. The average molecular weight is 363 g/mol. The molecule has 0 unspecified atom stereocenters. The summed E-state index contributed by atoms with van der Waals surface area (Å²) in [5, 5.41) is 0.580. The molecule has 1 aromatic heterocycles. The number of para-hydroxylation sites is 1. The van der Waals surface area contributed by atoms with Gasteiger partial charge in [0.1, 0.15) is 6.54 Å². The molecular weight excluding hydrogens is 342 g/mol. The highest BCUT2D eigenvalue weighted by atomic mass is 32.2. The predicted molar refractivity (Wildman–Crippen MR) is 95.8 cm³/mol. The van der Waals surface area contributed by atoms with Gasteiger partial charge in [0.2, 0.25) is 15.9 Å². The summed E-state index contributed by atoms with van der Waals surface area (Å²) in [6.45, 7) is 1.78. The van der Waals surface area contributed by atoms with Crippen LogP contribution in [0, 0.1) is 0 Å². The number of rotatable bonds is 3. The van der Waals surface area contributed by atoms with Crippen LogP contribution in [-0.4, -0.2) is 60.5 Å². The lowest BCUT2D eigenvalue weighted by molar-refractivity contribution is -0.131. The average Bonchev–Trinajstić information content (AvgIpc) is 2.84. The Bertz CT molecular complexity index is 952. The molecule has 0 spiro atoms. The Labute approximate surface area is 146 Å². The largest absolute Gasteiger partial charge is 0.340 e. The fourth-order valence-corrected chi connectivity index (χ4v) is 3.99. The summed E-state index contributed by atoms with van der Waals surface area (Å²) in [6, 6.07) is 8.65. The highest BCUT2D eigenvalue weighted by Crippen LogP contribution is 2.12. The molecule has 2 heterocycles. The van der Waals surface area contributed by atoms with Crippen molar-refractivity contribution < 1.29 is 13.2 Å². The molecule has 8 heteroatoms. The van der Waals surface area contributed by atoms with E-state index in [1.54, 1.807) is 27.8 Å². The summed E-state index contributed by atoms with van der Waals surface area (Å²) in [7, 11) is -3.24. The van der Waals surface area contributed by atoms with Crippen LogP contribution in [-0.2, 0) is 21.4 Å². The molecule has 7 nitrogen and oxygen atoms in total. The number of hydrogen-bond donors (Lipinski definition) is 0. The van der Waals surface area contributed by atoms with Gasteiger partial charge in [-0.25, -0.2) is 12.7 Å². The smallest absolute Gasteiger partial charge is 0.242 e. The first kappa shape index (κ1) is 17.6. The molecule has 25 heavy (non-hydrogen) atoms. The Morgan fingerprint density at radius 3 is 2.60 bits per heavy atom. The minimum Gasteiger partial charge on any atom is -0.340 e. The second-order valence-electron chi connectivity index (χ2n) is 6.22.